The first kappa shape index (κ1) is 32.4. The first-order valence-electron chi connectivity index (χ1n) is 13.6. The van der Waals surface area contributed by atoms with Crippen LogP contribution in [0, 0.1) is 13.8 Å². The number of hydrogen-bond donors (Lipinski definition) is 1. The maximum Gasteiger partial charge on any atom is 0.264 e. The summed E-state index contributed by atoms with van der Waals surface area (Å²) in [4.78, 5) is 29.0. The average molecular weight is 619 g/mol. The second kappa shape index (κ2) is 14.2. The lowest BCUT2D eigenvalue weighted by molar-refractivity contribution is -0.140. The van der Waals surface area contributed by atoms with E-state index in [4.69, 9.17) is 23.2 Å². The van der Waals surface area contributed by atoms with Gasteiger partial charge in [0.25, 0.3) is 10.0 Å². The molecule has 2 atom stereocenters. The predicted octanol–water partition coefficient (Wildman–Crippen LogP) is 6.53. The van der Waals surface area contributed by atoms with E-state index in [1.807, 2.05) is 58.9 Å². The quantitative estimate of drug-likeness (QED) is 0.250. The molecule has 1 N–H and O–H groups in total. The van der Waals surface area contributed by atoms with Gasteiger partial charge < -0.3 is 10.2 Å². The Labute approximate surface area is 253 Å². The van der Waals surface area contributed by atoms with Crippen molar-refractivity contribution in [2.75, 3.05) is 10.8 Å². The van der Waals surface area contributed by atoms with Crippen LogP contribution in [0.3, 0.4) is 0 Å². The Kier molecular flexibility index (Phi) is 11.2. The van der Waals surface area contributed by atoms with Crippen LogP contribution in [0.25, 0.3) is 0 Å². The molecule has 220 valence electrons. The number of carbonyl (C=O) groups excluding carboxylic acids is 2. The molecule has 41 heavy (non-hydrogen) atoms. The fourth-order valence-corrected chi connectivity index (χ4v) is 6.16. The SMILES string of the molecule is CC[C@@H](C)NC(=O)[C@H](CC)N(Cc1ccc(C)cc1)C(=O)CN(c1cccc(Cl)c1Cl)S(=O)(=O)c1ccc(C)cc1. The molecule has 0 unspecified atom stereocenters. The van der Waals surface area contributed by atoms with Gasteiger partial charge in [-0.05, 0) is 63.4 Å². The van der Waals surface area contributed by atoms with Gasteiger partial charge in [0.05, 0.1) is 20.6 Å². The van der Waals surface area contributed by atoms with E-state index in [0.717, 1.165) is 27.4 Å². The third-order valence-corrected chi connectivity index (χ3v) is 9.53. The van der Waals surface area contributed by atoms with Crippen molar-refractivity contribution in [2.24, 2.45) is 0 Å². The minimum Gasteiger partial charge on any atom is -0.352 e. The highest BCUT2D eigenvalue weighted by molar-refractivity contribution is 7.92. The normalized spacial score (nSPS) is 12.9. The van der Waals surface area contributed by atoms with Crippen LogP contribution < -0.4 is 9.62 Å². The summed E-state index contributed by atoms with van der Waals surface area (Å²) in [5.74, 6) is -0.848. The minimum absolute atomic E-state index is 0.00131. The minimum atomic E-state index is -4.25. The third kappa shape index (κ3) is 8.03. The summed E-state index contributed by atoms with van der Waals surface area (Å²) in [6.45, 7) is 9.03. The smallest absolute Gasteiger partial charge is 0.264 e. The summed E-state index contributed by atoms with van der Waals surface area (Å²) in [7, 11) is -4.25. The van der Waals surface area contributed by atoms with Crippen LogP contribution in [-0.2, 0) is 26.2 Å². The van der Waals surface area contributed by atoms with Gasteiger partial charge in [-0.25, -0.2) is 8.42 Å². The molecule has 0 saturated heterocycles. The van der Waals surface area contributed by atoms with Gasteiger partial charge in [-0.1, -0.05) is 90.6 Å². The third-order valence-electron chi connectivity index (χ3n) is 6.95. The number of anilines is 1. The van der Waals surface area contributed by atoms with E-state index in [2.05, 4.69) is 5.32 Å². The largest absolute Gasteiger partial charge is 0.352 e. The molecule has 0 aliphatic rings. The van der Waals surface area contributed by atoms with Crippen molar-refractivity contribution < 1.29 is 18.0 Å². The molecule has 3 aromatic carbocycles. The zero-order valence-corrected chi connectivity index (χ0v) is 26.4. The summed E-state index contributed by atoms with van der Waals surface area (Å²) in [6, 6.07) is 17.7. The second-order valence-electron chi connectivity index (χ2n) is 10.1. The number of nitrogens with one attached hydrogen (secondary N) is 1. The first-order valence-corrected chi connectivity index (χ1v) is 15.8. The highest BCUT2D eigenvalue weighted by atomic mass is 35.5. The van der Waals surface area contributed by atoms with E-state index >= 15 is 0 Å². The van der Waals surface area contributed by atoms with Gasteiger partial charge in [0.1, 0.15) is 12.6 Å². The predicted molar refractivity (Wildman–Crippen MR) is 166 cm³/mol. The van der Waals surface area contributed by atoms with Crippen molar-refractivity contribution >= 4 is 50.7 Å². The Morgan fingerprint density at radius 3 is 2.02 bits per heavy atom. The van der Waals surface area contributed by atoms with E-state index in [9.17, 15) is 18.0 Å². The highest BCUT2D eigenvalue weighted by Crippen LogP contribution is 2.35. The molecule has 0 aliphatic heterocycles. The van der Waals surface area contributed by atoms with Gasteiger partial charge in [0.15, 0.2) is 0 Å². The number of nitrogens with zero attached hydrogens (tertiary/aromatic N) is 2. The molecule has 7 nitrogen and oxygen atoms in total. The first-order chi connectivity index (χ1) is 19.4. The molecule has 10 heteroatoms. The summed E-state index contributed by atoms with van der Waals surface area (Å²) < 4.78 is 29.0. The molecule has 0 spiro atoms. The topological polar surface area (TPSA) is 86.8 Å². The zero-order chi connectivity index (χ0) is 30.3. The van der Waals surface area contributed by atoms with Crippen LogP contribution in [0.15, 0.2) is 71.6 Å². The molecule has 0 radical (unpaired) electrons. The average Bonchev–Trinajstić information content (AvgIpc) is 2.94. The molecule has 0 saturated carbocycles. The highest BCUT2D eigenvalue weighted by Gasteiger charge is 2.35. The van der Waals surface area contributed by atoms with E-state index in [1.165, 1.54) is 23.1 Å². The molecule has 0 bridgehead atoms. The summed E-state index contributed by atoms with van der Waals surface area (Å²) in [5.41, 5.74) is 2.82. The van der Waals surface area contributed by atoms with Crippen molar-refractivity contribution in [2.45, 2.75) is 71.0 Å². The van der Waals surface area contributed by atoms with Crippen LogP contribution in [0.1, 0.15) is 50.3 Å². The number of aryl methyl sites for hydroxylation is 2. The Bertz CT molecular complexity index is 1460. The lowest BCUT2D eigenvalue weighted by Crippen LogP contribution is -2.53. The maximum absolute atomic E-state index is 14.2. The van der Waals surface area contributed by atoms with E-state index < -0.39 is 28.5 Å². The molecule has 3 aromatic rings. The molecule has 2 amide bonds. The molecule has 0 aromatic heterocycles. The van der Waals surface area contributed by atoms with Crippen molar-refractivity contribution in [1.29, 1.82) is 0 Å². The van der Waals surface area contributed by atoms with Gasteiger partial charge in [-0.15, -0.1) is 0 Å². The van der Waals surface area contributed by atoms with Gasteiger partial charge in [-0.2, -0.15) is 0 Å². The maximum atomic E-state index is 14.2. The van der Waals surface area contributed by atoms with Crippen LogP contribution >= 0.6 is 23.2 Å². The fraction of sp³-hybridized carbons (Fsp3) is 0.355. The Morgan fingerprint density at radius 2 is 1.46 bits per heavy atom. The van der Waals surface area contributed by atoms with Crippen molar-refractivity contribution in [3.05, 3.63) is 93.5 Å². The molecule has 0 aliphatic carbocycles. The number of amides is 2. The summed E-state index contributed by atoms with van der Waals surface area (Å²) in [6.07, 6.45) is 1.06. The Morgan fingerprint density at radius 1 is 0.878 bits per heavy atom. The molecule has 0 heterocycles. The van der Waals surface area contributed by atoms with Crippen LogP contribution in [0.2, 0.25) is 10.0 Å². The molecule has 0 fully saturated rings. The Balaban J connectivity index is 2.10. The second-order valence-corrected chi connectivity index (χ2v) is 12.8. The van der Waals surface area contributed by atoms with Crippen molar-refractivity contribution in [3.63, 3.8) is 0 Å². The van der Waals surface area contributed by atoms with Crippen molar-refractivity contribution in [3.8, 4) is 0 Å². The Hall–Kier alpha value is -3.07. The van der Waals surface area contributed by atoms with Gasteiger partial charge in [0.2, 0.25) is 11.8 Å². The molecule has 3 rings (SSSR count). The standard InChI is InChI=1S/C31H37Cl2N3O4S/c1-6-23(5)34-31(38)27(7-2)35(19-24-15-11-21(3)12-16-24)29(37)20-36(28-10-8-9-26(32)30(28)33)41(39,40)25-17-13-22(4)14-18-25/h8-18,23,27H,6-7,19-20H2,1-5H3,(H,34,38)/t23-,27+/m1/s1. The number of carbonyl (C=O) groups is 2. The summed E-state index contributed by atoms with van der Waals surface area (Å²) >= 11 is 12.8. The fourth-order valence-electron chi connectivity index (χ4n) is 4.29. The lowest BCUT2D eigenvalue weighted by Gasteiger charge is -2.34. The number of sulfonamides is 1. The number of hydrogen-bond acceptors (Lipinski definition) is 4. The summed E-state index contributed by atoms with van der Waals surface area (Å²) in [5, 5.41) is 3.12. The van der Waals surface area contributed by atoms with Gasteiger partial charge in [-0.3, -0.25) is 13.9 Å². The van der Waals surface area contributed by atoms with Crippen LogP contribution in [-0.4, -0.2) is 43.8 Å². The van der Waals surface area contributed by atoms with E-state index in [-0.39, 0.29) is 39.1 Å². The lowest BCUT2D eigenvalue weighted by atomic mass is 10.1. The zero-order valence-electron chi connectivity index (χ0n) is 24.0. The monoisotopic (exact) mass is 617 g/mol. The number of rotatable bonds is 12. The van der Waals surface area contributed by atoms with Gasteiger partial charge >= 0.3 is 0 Å². The molecular weight excluding hydrogens is 581 g/mol. The van der Waals surface area contributed by atoms with Crippen LogP contribution in [0.5, 0.6) is 0 Å². The molecular formula is C31H37Cl2N3O4S. The van der Waals surface area contributed by atoms with Crippen molar-refractivity contribution in [1.82, 2.24) is 10.2 Å². The number of benzene rings is 3. The van der Waals surface area contributed by atoms with E-state index in [0.29, 0.717) is 6.42 Å². The van der Waals surface area contributed by atoms with Gasteiger partial charge in [0, 0.05) is 12.6 Å². The van der Waals surface area contributed by atoms with E-state index in [1.54, 1.807) is 24.3 Å². The number of halogens is 2. The van der Waals surface area contributed by atoms with Crippen LogP contribution in [0.4, 0.5) is 5.69 Å².